The van der Waals surface area contributed by atoms with Gasteiger partial charge in [0.05, 0.1) is 26.3 Å². The molecule has 0 fully saturated rings. The monoisotopic (exact) mass is 477 g/mol. The van der Waals surface area contributed by atoms with Crippen molar-refractivity contribution in [2.45, 2.75) is 11.1 Å². The lowest BCUT2D eigenvalue weighted by Crippen LogP contribution is -2.43. The molecule has 0 bridgehead atoms. The molecule has 0 atom stereocenters. The van der Waals surface area contributed by atoms with Gasteiger partial charge in [0.2, 0.25) is 0 Å². The minimum absolute atomic E-state index is 0.0505. The van der Waals surface area contributed by atoms with Gasteiger partial charge in [-0.25, -0.2) is 8.42 Å². The maximum absolute atomic E-state index is 13.0. The van der Waals surface area contributed by atoms with Crippen LogP contribution >= 0.6 is 47.0 Å². The van der Waals surface area contributed by atoms with Crippen LogP contribution in [0.25, 0.3) is 0 Å². The quantitative estimate of drug-likeness (QED) is 0.333. The van der Waals surface area contributed by atoms with Crippen molar-refractivity contribution < 1.29 is 21.6 Å². The zero-order valence-electron chi connectivity index (χ0n) is 12.9. The van der Waals surface area contributed by atoms with Crippen LogP contribution in [0.1, 0.15) is 5.56 Å². The summed E-state index contributed by atoms with van der Waals surface area (Å²) >= 11 is 22.2. The van der Waals surface area contributed by atoms with Crippen molar-refractivity contribution >= 4 is 67.8 Å². The van der Waals surface area contributed by atoms with Crippen molar-refractivity contribution in [2.75, 3.05) is 5.32 Å². The molecule has 0 aromatic heterocycles. The van der Waals surface area contributed by atoms with Crippen LogP contribution in [0.2, 0.25) is 15.1 Å². The predicted octanol–water partition coefficient (Wildman–Crippen LogP) is 4.85. The maximum atomic E-state index is 13.0. The summed E-state index contributed by atoms with van der Waals surface area (Å²) in [6, 6.07) is 6.72. The van der Waals surface area contributed by atoms with Gasteiger partial charge >= 0.3 is 6.18 Å². The number of thiocarbonyl (C=S) groups is 1. The van der Waals surface area contributed by atoms with E-state index in [-0.39, 0.29) is 20.8 Å². The van der Waals surface area contributed by atoms with Crippen LogP contribution in [0, 0.1) is 0 Å². The molecule has 0 spiro atoms. The molecular weight excluding hydrogens is 470 g/mol. The Balaban J connectivity index is 2.14. The van der Waals surface area contributed by atoms with Gasteiger partial charge in [-0.15, -0.1) is 4.83 Å². The highest BCUT2D eigenvalue weighted by atomic mass is 35.5. The van der Waals surface area contributed by atoms with E-state index in [1.807, 2.05) is 4.83 Å². The molecular formula is C14H9Cl3F3N3O2S2. The highest BCUT2D eigenvalue weighted by Gasteiger charge is 2.33. The molecule has 0 aliphatic heterocycles. The molecule has 0 radical (unpaired) electrons. The molecule has 0 unspecified atom stereocenters. The Hall–Kier alpha value is -1.30. The van der Waals surface area contributed by atoms with Crippen LogP contribution in [0.4, 0.5) is 18.9 Å². The van der Waals surface area contributed by atoms with Crippen LogP contribution in [-0.2, 0) is 16.2 Å². The Morgan fingerprint density at radius 1 is 1.00 bits per heavy atom. The van der Waals surface area contributed by atoms with E-state index in [0.717, 1.165) is 24.3 Å². The SMILES string of the molecule is O=S(=O)(NNC(=S)Nc1ccccc1C(F)(F)F)c1cc(Cl)c(Cl)cc1Cl. The highest BCUT2D eigenvalue weighted by molar-refractivity contribution is 7.89. The van der Waals surface area contributed by atoms with Gasteiger partial charge in [0.1, 0.15) is 4.90 Å². The van der Waals surface area contributed by atoms with Gasteiger partial charge < -0.3 is 5.32 Å². The Kier molecular flexibility index (Phi) is 6.82. The summed E-state index contributed by atoms with van der Waals surface area (Å²) in [6.07, 6.45) is -4.62. The third-order valence-electron chi connectivity index (χ3n) is 3.04. The topological polar surface area (TPSA) is 70.2 Å². The number of hydrogen-bond donors (Lipinski definition) is 3. The molecule has 2 rings (SSSR count). The highest BCUT2D eigenvalue weighted by Crippen LogP contribution is 2.34. The van der Waals surface area contributed by atoms with Gasteiger partial charge in [-0.05, 0) is 36.5 Å². The number of rotatable bonds is 4. The lowest BCUT2D eigenvalue weighted by atomic mass is 10.2. The van der Waals surface area contributed by atoms with Crippen LogP contribution in [0.3, 0.4) is 0 Å². The van der Waals surface area contributed by atoms with Gasteiger partial charge in [0.25, 0.3) is 10.0 Å². The molecule has 27 heavy (non-hydrogen) atoms. The number of anilines is 1. The fourth-order valence-electron chi connectivity index (χ4n) is 1.87. The molecule has 0 aliphatic carbocycles. The standard InChI is InChI=1S/C14H9Cl3F3N3O2S2/c15-8-5-10(17)12(6-9(8)16)27(24,25)23-22-13(26)21-11-4-2-1-3-7(11)14(18,19)20/h1-6,23H,(H2,21,22,26). The second-order valence-corrected chi connectivity index (χ2v) is 8.21. The van der Waals surface area contributed by atoms with E-state index in [1.54, 1.807) is 0 Å². The van der Waals surface area contributed by atoms with Crippen LogP contribution in [0.5, 0.6) is 0 Å². The van der Waals surface area contributed by atoms with Crippen molar-refractivity contribution in [3.05, 3.63) is 57.0 Å². The van der Waals surface area contributed by atoms with E-state index in [2.05, 4.69) is 10.7 Å². The summed E-state index contributed by atoms with van der Waals surface area (Å²) in [7, 11) is -4.24. The lowest BCUT2D eigenvalue weighted by Gasteiger charge is -2.16. The Bertz CT molecular complexity index is 985. The van der Waals surface area contributed by atoms with Gasteiger partial charge in [-0.3, -0.25) is 5.43 Å². The van der Waals surface area contributed by atoms with E-state index >= 15 is 0 Å². The third-order valence-corrected chi connectivity index (χ3v) is 5.68. The zero-order chi connectivity index (χ0) is 20.4. The smallest absolute Gasteiger partial charge is 0.331 e. The first-order valence-electron chi connectivity index (χ1n) is 6.81. The average molecular weight is 479 g/mol. The summed E-state index contributed by atoms with van der Waals surface area (Å²) in [6.45, 7) is 0. The number of halogens is 6. The van der Waals surface area contributed by atoms with E-state index in [0.29, 0.717) is 0 Å². The van der Waals surface area contributed by atoms with Crippen molar-refractivity contribution in [1.82, 2.24) is 10.3 Å². The fraction of sp³-hybridized carbons (Fsp3) is 0.0714. The molecule has 13 heteroatoms. The van der Waals surface area contributed by atoms with Crippen molar-refractivity contribution in [1.29, 1.82) is 0 Å². The van der Waals surface area contributed by atoms with Gasteiger partial charge in [0.15, 0.2) is 5.11 Å². The zero-order valence-corrected chi connectivity index (χ0v) is 16.8. The van der Waals surface area contributed by atoms with Gasteiger partial charge in [0, 0.05) is 0 Å². The number of hydrazine groups is 1. The Labute approximate surface area is 172 Å². The summed E-state index contributed by atoms with van der Waals surface area (Å²) in [5.74, 6) is 0. The van der Waals surface area contributed by atoms with E-state index in [1.165, 1.54) is 12.1 Å². The second-order valence-electron chi connectivity index (χ2n) is 4.92. The first-order chi connectivity index (χ1) is 12.4. The molecule has 0 aliphatic rings. The van der Waals surface area contributed by atoms with Crippen LogP contribution in [-0.4, -0.2) is 13.5 Å². The molecule has 3 N–H and O–H groups in total. The minimum Gasteiger partial charge on any atom is -0.331 e. The molecule has 146 valence electrons. The molecule has 0 amide bonds. The van der Waals surface area contributed by atoms with Crippen molar-refractivity contribution in [2.24, 2.45) is 0 Å². The Morgan fingerprint density at radius 3 is 2.22 bits per heavy atom. The largest absolute Gasteiger partial charge is 0.418 e. The number of alkyl halides is 3. The molecule has 2 aromatic rings. The molecule has 2 aromatic carbocycles. The van der Waals surface area contributed by atoms with E-state index in [9.17, 15) is 21.6 Å². The number of para-hydroxylation sites is 1. The molecule has 0 heterocycles. The minimum atomic E-state index is -4.62. The first kappa shape index (κ1) is 22.0. The number of sulfonamides is 1. The van der Waals surface area contributed by atoms with E-state index in [4.69, 9.17) is 47.0 Å². The van der Waals surface area contributed by atoms with Crippen LogP contribution in [0.15, 0.2) is 41.3 Å². The lowest BCUT2D eigenvalue weighted by molar-refractivity contribution is -0.136. The average Bonchev–Trinajstić information content (AvgIpc) is 2.56. The number of hydrogen-bond acceptors (Lipinski definition) is 3. The van der Waals surface area contributed by atoms with Gasteiger partial charge in [-0.1, -0.05) is 46.9 Å². The predicted molar refractivity (Wildman–Crippen MR) is 103 cm³/mol. The molecule has 0 saturated heterocycles. The first-order valence-corrected chi connectivity index (χ1v) is 9.84. The van der Waals surface area contributed by atoms with Crippen molar-refractivity contribution in [3.63, 3.8) is 0 Å². The maximum Gasteiger partial charge on any atom is 0.418 e. The summed E-state index contributed by atoms with van der Waals surface area (Å²) in [5.41, 5.74) is 0.770. The molecule has 5 nitrogen and oxygen atoms in total. The Morgan fingerprint density at radius 2 is 1.59 bits per heavy atom. The van der Waals surface area contributed by atoms with E-state index < -0.39 is 31.8 Å². The number of benzene rings is 2. The summed E-state index contributed by atoms with van der Waals surface area (Å²) in [4.78, 5) is 1.49. The fourth-order valence-corrected chi connectivity index (χ4v) is 3.95. The molecule has 0 saturated carbocycles. The van der Waals surface area contributed by atoms with Crippen molar-refractivity contribution in [3.8, 4) is 0 Å². The van der Waals surface area contributed by atoms with Gasteiger partial charge in [-0.2, -0.15) is 13.2 Å². The van der Waals surface area contributed by atoms with Crippen LogP contribution < -0.4 is 15.6 Å². The summed E-state index contributed by atoms with van der Waals surface area (Å²) < 4.78 is 63.4. The second kappa shape index (κ2) is 8.38. The summed E-state index contributed by atoms with van der Waals surface area (Å²) in [5, 5.41) is 1.63. The normalized spacial score (nSPS) is 11.9. The number of nitrogens with one attached hydrogen (secondary N) is 3. The third kappa shape index (κ3) is 5.59.